The van der Waals surface area contributed by atoms with Crippen LogP contribution in [-0.4, -0.2) is 46.5 Å². The largest absolute Gasteiger partial charge is 0.497 e. The molecule has 1 saturated heterocycles. The predicted molar refractivity (Wildman–Crippen MR) is 106 cm³/mol. The Morgan fingerprint density at radius 2 is 2.07 bits per heavy atom. The van der Waals surface area contributed by atoms with Crippen molar-refractivity contribution in [2.45, 2.75) is 6.42 Å². The van der Waals surface area contributed by atoms with Gasteiger partial charge in [0.1, 0.15) is 5.75 Å². The molecule has 4 rings (SSSR count). The smallest absolute Gasteiger partial charge is 0.254 e. The molecule has 2 heterocycles. The lowest BCUT2D eigenvalue weighted by molar-refractivity contribution is -0.119. The lowest BCUT2D eigenvalue weighted by atomic mass is 10.1. The van der Waals surface area contributed by atoms with Gasteiger partial charge in [0.15, 0.2) is 0 Å². The van der Waals surface area contributed by atoms with E-state index in [1.54, 1.807) is 42.6 Å². The fourth-order valence-corrected chi connectivity index (χ4v) is 3.55. The van der Waals surface area contributed by atoms with Crippen LogP contribution in [0.4, 0.5) is 5.69 Å². The molecular formula is C21H22N4O3. The van der Waals surface area contributed by atoms with Gasteiger partial charge < -0.3 is 19.5 Å². The first-order valence-electron chi connectivity index (χ1n) is 9.20. The number of nitrogens with zero attached hydrogens (tertiary/aromatic N) is 3. The highest BCUT2D eigenvalue weighted by Crippen LogP contribution is 2.23. The van der Waals surface area contributed by atoms with Crippen LogP contribution in [0.3, 0.4) is 0 Å². The van der Waals surface area contributed by atoms with Crippen LogP contribution < -0.4 is 10.1 Å². The van der Waals surface area contributed by atoms with Gasteiger partial charge in [0, 0.05) is 31.4 Å². The standard InChI is InChI=1S/C21H22N4O3/c1-24-13-22-18-7-6-16(11-19(18)24)23-20(26)15-8-9-25(12-15)21(27)14-4-3-5-17(10-14)28-2/h3-7,10-11,13,15H,8-9,12H2,1-2H3,(H,23,26)/t15-/m1/s1. The average molecular weight is 378 g/mol. The van der Waals surface area contributed by atoms with Gasteiger partial charge >= 0.3 is 0 Å². The second-order valence-electron chi connectivity index (χ2n) is 7.02. The average Bonchev–Trinajstić information content (AvgIpc) is 3.35. The Morgan fingerprint density at radius 3 is 2.89 bits per heavy atom. The summed E-state index contributed by atoms with van der Waals surface area (Å²) in [6.45, 7) is 0.977. The van der Waals surface area contributed by atoms with Crippen molar-refractivity contribution in [1.29, 1.82) is 0 Å². The maximum atomic E-state index is 12.7. The van der Waals surface area contributed by atoms with Crippen LogP contribution in [0.25, 0.3) is 11.0 Å². The van der Waals surface area contributed by atoms with Gasteiger partial charge in [-0.25, -0.2) is 4.98 Å². The molecule has 2 aromatic carbocycles. The minimum Gasteiger partial charge on any atom is -0.497 e. The number of methoxy groups -OCH3 is 1. The van der Waals surface area contributed by atoms with E-state index in [2.05, 4.69) is 10.3 Å². The number of hydrogen-bond donors (Lipinski definition) is 1. The van der Waals surface area contributed by atoms with Crippen molar-refractivity contribution in [2.24, 2.45) is 13.0 Å². The molecule has 3 aromatic rings. The number of nitrogens with one attached hydrogen (secondary N) is 1. The lowest BCUT2D eigenvalue weighted by Crippen LogP contribution is -2.31. The Morgan fingerprint density at radius 1 is 1.21 bits per heavy atom. The molecule has 1 fully saturated rings. The number of carbonyl (C=O) groups is 2. The zero-order valence-corrected chi connectivity index (χ0v) is 15.9. The number of aryl methyl sites for hydroxylation is 1. The Labute approximate surface area is 162 Å². The number of ether oxygens (including phenoxy) is 1. The number of rotatable bonds is 4. The van der Waals surface area contributed by atoms with Crippen LogP contribution in [0, 0.1) is 5.92 Å². The van der Waals surface area contributed by atoms with Crippen LogP contribution in [0.15, 0.2) is 48.8 Å². The van der Waals surface area contributed by atoms with Gasteiger partial charge in [0.05, 0.1) is 30.4 Å². The number of anilines is 1. The van der Waals surface area contributed by atoms with E-state index < -0.39 is 0 Å². The third kappa shape index (κ3) is 3.43. The highest BCUT2D eigenvalue weighted by atomic mass is 16.5. The minimum absolute atomic E-state index is 0.0672. The van der Waals surface area contributed by atoms with Crippen molar-refractivity contribution in [1.82, 2.24) is 14.5 Å². The number of aromatic nitrogens is 2. The first-order valence-corrected chi connectivity index (χ1v) is 9.20. The van der Waals surface area contributed by atoms with E-state index in [1.165, 1.54) is 0 Å². The topological polar surface area (TPSA) is 76.5 Å². The Balaban J connectivity index is 1.42. The summed E-state index contributed by atoms with van der Waals surface area (Å²) in [6.07, 6.45) is 2.39. The van der Waals surface area contributed by atoms with Crippen molar-refractivity contribution in [3.05, 3.63) is 54.4 Å². The van der Waals surface area contributed by atoms with Gasteiger partial charge in [-0.3, -0.25) is 9.59 Å². The molecule has 7 heteroatoms. The Kier molecular flexibility index (Phi) is 4.73. The van der Waals surface area contributed by atoms with E-state index in [-0.39, 0.29) is 17.7 Å². The molecule has 0 unspecified atom stereocenters. The Hall–Kier alpha value is -3.35. The molecule has 1 aliphatic heterocycles. The van der Waals surface area contributed by atoms with Crippen LogP contribution in [0.1, 0.15) is 16.8 Å². The van der Waals surface area contributed by atoms with Gasteiger partial charge in [-0.15, -0.1) is 0 Å². The quantitative estimate of drug-likeness (QED) is 0.757. The minimum atomic E-state index is -0.225. The van der Waals surface area contributed by atoms with Crippen molar-refractivity contribution in [2.75, 3.05) is 25.5 Å². The number of likely N-dealkylation sites (tertiary alicyclic amines) is 1. The molecule has 0 aliphatic carbocycles. The summed E-state index contributed by atoms with van der Waals surface area (Å²) < 4.78 is 7.10. The van der Waals surface area contributed by atoms with Crippen LogP contribution in [0.2, 0.25) is 0 Å². The molecule has 1 aliphatic rings. The first kappa shape index (κ1) is 18.0. The summed E-state index contributed by atoms with van der Waals surface area (Å²) in [4.78, 5) is 31.4. The number of imidazole rings is 1. The molecule has 1 atom stereocenters. The molecule has 1 aromatic heterocycles. The maximum absolute atomic E-state index is 12.7. The number of carbonyl (C=O) groups excluding carboxylic acids is 2. The van der Waals surface area contributed by atoms with E-state index in [0.717, 1.165) is 16.7 Å². The summed E-state index contributed by atoms with van der Waals surface area (Å²) in [5.41, 5.74) is 3.15. The molecule has 0 saturated carbocycles. The zero-order valence-electron chi connectivity index (χ0n) is 15.9. The summed E-state index contributed by atoms with van der Waals surface area (Å²) in [5.74, 6) is 0.273. The first-order chi connectivity index (χ1) is 13.5. The summed E-state index contributed by atoms with van der Waals surface area (Å²) >= 11 is 0. The SMILES string of the molecule is COc1cccc(C(=O)N2CC[C@@H](C(=O)Nc3ccc4ncn(C)c4c3)C2)c1. The number of amides is 2. The summed E-state index contributed by atoms with van der Waals surface area (Å²) in [6, 6.07) is 12.7. The normalized spacial score (nSPS) is 16.4. The van der Waals surface area contributed by atoms with Gasteiger partial charge in [-0.1, -0.05) is 6.07 Å². The van der Waals surface area contributed by atoms with Gasteiger partial charge in [0.25, 0.3) is 5.91 Å². The van der Waals surface area contributed by atoms with E-state index >= 15 is 0 Å². The molecule has 1 N–H and O–H groups in total. The summed E-state index contributed by atoms with van der Waals surface area (Å²) in [7, 11) is 3.49. The summed E-state index contributed by atoms with van der Waals surface area (Å²) in [5, 5.41) is 2.97. The third-order valence-corrected chi connectivity index (χ3v) is 5.16. The van der Waals surface area contributed by atoms with E-state index in [1.807, 2.05) is 29.8 Å². The molecule has 0 spiro atoms. The van der Waals surface area contributed by atoms with Crippen molar-refractivity contribution < 1.29 is 14.3 Å². The molecule has 7 nitrogen and oxygen atoms in total. The van der Waals surface area contributed by atoms with Crippen LogP contribution in [0.5, 0.6) is 5.75 Å². The van der Waals surface area contributed by atoms with E-state index in [4.69, 9.17) is 4.74 Å². The predicted octanol–water partition coefficient (Wildman–Crippen LogP) is 2.68. The lowest BCUT2D eigenvalue weighted by Gasteiger charge is -2.17. The van der Waals surface area contributed by atoms with Gasteiger partial charge in [-0.2, -0.15) is 0 Å². The monoisotopic (exact) mass is 378 g/mol. The number of fused-ring (bicyclic) bond motifs is 1. The zero-order chi connectivity index (χ0) is 19.7. The molecule has 0 bridgehead atoms. The van der Waals surface area contributed by atoms with Gasteiger partial charge in [-0.05, 0) is 42.8 Å². The second kappa shape index (κ2) is 7.34. The number of benzene rings is 2. The van der Waals surface area contributed by atoms with Crippen LogP contribution in [-0.2, 0) is 11.8 Å². The fourth-order valence-electron chi connectivity index (χ4n) is 3.55. The molecule has 0 radical (unpaired) electrons. The maximum Gasteiger partial charge on any atom is 0.254 e. The van der Waals surface area contributed by atoms with Crippen molar-refractivity contribution >= 4 is 28.5 Å². The molecule has 2 amide bonds. The highest BCUT2D eigenvalue weighted by Gasteiger charge is 2.31. The molecule has 28 heavy (non-hydrogen) atoms. The second-order valence-corrected chi connectivity index (χ2v) is 7.02. The highest BCUT2D eigenvalue weighted by molar-refractivity contribution is 5.97. The van der Waals surface area contributed by atoms with Gasteiger partial charge in [0.2, 0.25) is 5.91 Å². The van der Waals surface area contributed by atoms with Crippen molar-refractivity contribution in [3.63, 3.8) is 0 Å². The Bertz CT molecular complexity index is 1040. The van der Waals surface area contributed by atoms with E-state index in [0.29, 0.717) is 30.8 Å². The van der Waals surface area contributed by atoms with Crippen LogP contribution >= 0.6 is 0 Å². The number of hydrogen-bond acceptors (Lipinski definition) is 4. The fraction of sp³-hybridized carbons (Fsp3) is 0.286. The van der Waals surface area contributed by atoms with Crippen molar-refractivity contribution in [3.8, 4) is 5.75 Å². The third-order valence-electron chi connectivity index (χ3n) is 5.16. The van der Waals surface area contributed by atoms with E-state index in [9.17, 15) is 9.59 Å². The molecular weight excluding hydrogens is 356 g/mol. The molecule has 144 valence electrons.